The Bertz CT molecular complexity index is 920. The fourth-order valence-electron chi connectivity index (χ4n) is 2.34. The first-order valence-corrected chi connectivity index (χ1v) is 8.18. The van der Waals surface area contributed by atoms with Crippen LogP contribution in [0.25, 0.3) is 17.1 Å². The second-order valence-electron chi connectivity index (χ2n) is 5.16. The predicted molar refractivity (Wildman–Crippen MR) is 94.0 cm³/mol. The summed E-state index contributed by atoms with van der Waals surface area (Å²) in [4.78, 5) is 15.9. The maximum atomic E-state index is 13.3. The number of hydrogen-bond acceptors (Lipinski definition) is 3. The fraction of sp³-hybridized carbons (Fsp3) is 0.111. The van der Waals surface area contributed by atoms with Gasteiger partial charge >= 0.3 is 12.5 Å². The van der Waals surface area contributed by atoms with Crippen molar-refractivity contribution in [3.8, 4) is 0 Å². The summed E-state index contributed by atoms with van der Waals surface area (Å²) in [6, 6.07) is 13.9. The molecule has 1 heterocycles. The summed E-state index contributed by atoms with van der Waals surface area (Å²) in [7, 11) is 0. The zero-order valence-electron chi connectivity index (χ0n) is 12.9. The zero-order valence-corrected chi connectivity index (χ0v) is 14.5. The van der Waals surface area contributed by atoms with Gasteiger partial charge in [-0.15, -0.1) is 0 Å². The molecular formula is C18H13BrF2N2O2. The third-order valence-corrected chi connectivity index (χ3v) is 4.02. The van der Waals surface area contributed by atoms with Gasteiger partial charge in [0.1, 0.15) is 6.61 Å². The molecule has 3 aromatic rings. The standard InChI is InChI=1S/C18H13BrF2N2O2/c19-13-8-5-12(6-9-13)7-10-17(24)25-11-16-22-14-3-1-2-4-15(14)23(16)18(20)21/h1-10,18H,11H2/b10-7+. The molecule has 7 heteroatoms. The van der Waals surface area contributed by atoms with Crippen LogP contribution in [-0.4, -0.2) is 15.5 Å². The number of benzene rings is 2. The quantitative estimate of drug-likeness (QED) is 0.444. The summed E-state index contributed by atoms with van der Waals surface area (Å²) in [6.07, 6.45) is 2.84. The molecule has 0 N–H and O–H groups in total. The Hall–Kier alpha value is -2.54. The van der Waals surface area contributed by atoms with Gasteiger partial charge in [0.05, 0.1) is 11.0 Å². The van der Waals surface area contributed by atoms with Gasteiger partial charge in [-0.05, 0) is 35.9 Å². The monoisotopic (exact) mass is 406 g/mol. The minimum atomic E-state index is -2.76. The van der Waals surface area contributed by atoms with E-state index in [9.17, 15) is 13.6 Å². The first-order valence-electron chi connectivity index (χ1n) is 7.39. The molecule has 0 aliphatic carbocycles. The van der Waals surface area contributed by atoms with E-state index in [1.54, 1.807) is 30.3 Å². The Morgan fingerprint density at radius 3 is 2.64 bits per heavy atom. The van der Waals surface area contributed by atoms with Crippen molar-refractivity contribution in [2.24, 2.45) is 0 Å². The lowest BCUT2D eigenvalue weighted by atomic mass is 10.2. The van der Waals surface area contributed by atoms with Crippen LogP contribution in [0, 0.1) is 0 Å². The Labute approximate surface area is 150 Å². The highest BCUT2D eigenvalue weighted by Gasteiger charge is 2.18. The maximum absolute atomic E-state index is 13.3. The molecule has 4 nitrogen and oxygen atoms in total. The van der Waals surface area contributed by atoms with Crippen LogP contribution in [-0.2, 0) is 16.1 Å². The molecule has 0 atom stereocenters. The molecular weight excluding hydrogens is 394 g/mol. The van der Waals surface area contributed by atoms with Gasteiger partial charge in [0, 0.05) is 10.5 Å². The molecule has 1 aromatic heterocycles. The highest BCUT2D eigenvalue weighted by atomic mass is 79.9. The Kier molecular flexibility index (Phi) is 5.23. The number of ether oxygens (including phenoxy) is 1. The third kappa shape index (κ3) is 4.11. The van der Waals surface area contributed by atoms with E-state index in [0.717, 1.165) is 14.6 Å². The number of nitrogens with zero attached hydrogens (tertiary/aromatic N) is 2. The lowest BCUT2D eigenvalue weighted by Crippen LogP contribution is -2.09. The van der Waals surface area contributed by atoms with E-state index < -0.39 is 12.5 Å². The molecule has 0 amide bonds. The van der Waals surface area contributed by atoms with E-state index >= 15 is 0 Å². The number of halogens is 3. The minimum Gasteiger partial charge on any atom is -0.454 e. The summed E-state index contributed by atoms with van der Waals surface area (Å²) in [6.45, 7) is -3.10. The van der Waals surface area contributed by atoms with Crippen LogP contribution in [0.1, 0.15) is 17.9 Å². The number of esters is 1. The van der Waals surface area contributed by atoms with Crippen molar-refractivity contribution in [2.75, 3.05) is 0 Å². The molecule has 2 aromatic carbocycles. The van der Waals surface area contributed by atoms with Gasteiger partial charge in [-0.3, -0.25) is 4.57 Å². The molecule has 0 aliphatic rings. The van der Waals surface area contributed by atoms with E-state index in [-0.39, 0.29) is 12.4 Å². The van der Waals surface area contributed by atoms with Gasteiger partial charge in [-0.2, -0.15) is 8.78 Å². The number of alkyl halides is 2. The summed E-state index contributed by atoms with van der Waals surface area (Å²) in [5.74, 6) is -0.627. The predicted octanol–water partition coefficient (Wildman–Crippen LogP) is 4.95. The van der Waals surface area contributed by atoms with Crippen LogP contribution >= 0.6 is 15.9 Å². The van der Waals surface area contributed by atoms with Crippen molar-refractivity contribution in [3.05, 3.63) is 70.5 Å². The van der Waals surface area contributed by atoms with Crippen LogP contribution in [0.5, 0.6) is 0 Å². The van der Waals surface area contributed by atoms with Crippen LogP contribution in [0.15, 0.2) is 59.1 Å². The molecule has 25 heavy (non-hydrogen) atoms. The van der Waals surface area contributed by atoms with Crippen LogP contribution < -0.4 is 0 Å². The smallest absolute Gasteiger partial charge is 0.331 e. The zero-order chi connectivity index (χ0) is 17.8. The van der Waals surface area contributed by atoms with Crippen molar-refractivity contribution < 1.29 is 18.3 Å². The maximum Gasteiger partial charge on any atom is 0.331 e. The van der Waals surface area contributed by atoms with Crippen molar-refractivity contribution in [2.45, 2.75) is 13.2 Å². The number of carbonyl (C=O) groups excluding carboxylic acids is 1. The SMILES string of the molecule is O=C(/C=C/c1ccc(Br)cc1)OCc1nc2ccccc2n1C(F)F. The van der Waals surface area contributed by atoms with Crippen LogP contribution in [0.2, 0.25) is 0 Å². The van der Waals surface area contributed by atoms with Gasteiger partial charge in [-0.1, -0.05) is 40.2 Å². The van der Waals surface area contributed by atoms with E-state index in [1.807, 2.05) is 24.3 Å². The first kappa shape index (κ1) is 17.3. The summed E-state index contributed by atoms with van der Waals surface area (Å²) < 4.78 is 33.3. The first-order chi connectivity index (χ1) is 12.0. The van der Waals surface area contributed by atoms with Crippen LogP contribution in [0.4, 0.5) is 8.78 Å². The van der Waals surface area contributed by atoms with E-state index in [1.165, 1.54) is 6.08 Å². The third-order valence-electron chi connectivity index (χ3n) is 3.49. The van der Waals surface area contributed by atoms with Crippen molar-refractivity contribution >= 4 is 39.0 Å². The van der Waals surface area contributed by atoms with Gasteiger partial charge in [-0.25, -0.2) is 9.78 Å². The average molecular weight is 407 g/mol. The van der Waals surface area contributed by atoms with Gasteiger partial charge in [0.15, 0.2) is 5.82 Å². The molecule has 0 saturated carbocycles. The summed E-state index contributed by atoms with van der Waals surface area (Å²) in [5.41, 5.74) is 1.55. The van der Waals surface area contributed by atoms with Crippen molar-refractivity contribution in [3.63, 3.8) is 0 Å². The number of aromatic nitrogens is 2. The fourth-order valence-corrected chi connectivity index (χ4v) is 2.60. The highest BCUT2D eigenvalue weighted by molar-refractivity contribution is 9.10. The Morgan fingerprint density at radius 1 is 1.20 bits per heavy atom. The molecule has 0 fully saturated rings. The largest absolute Gasteiger partial charge is 0.454 e. The summed E-state index contributed by atoms with van der Waals surface area (Å²) >= 11 is 3.32. The molecule has 0 saturated heterocycles. The second kappa shape index (κ2) is 7.57. The minimum absolute atomic E-state index is 0.00147. The molecule has 128 valence electrons. The molecule has 0 bridgehead atoms. The van der Waals surface area contributed by atoms with E-state index in [4.69, 9.17) is 4.74 Å². The number of imidazole rings is 1. The number of fused-ring (bicyclic) bond motifs is 1. The molecule has 0 radical (unpaired) electrons. The van der Waals surface area contributed by atoms with Crippen LogP contribution in [0.3, 0.4) is 0 Å². The van der Waals surface area contributed by atoms with Crippen molar-refractivity contribution in [1.29, 1.82) is 0 Å². The number of rotatable bonds is 5. The molecule has 0 unspecified atom stereocenters. The molecule has 0 aliphatic heterocycles. The Balaban J connectivity index is 1.70. The normalized spacial score (nSPS) is 11.5. The number of carbonyl (C=O) groups is 1. The number of hydrogen-bond donors (Lipinski definition) is 0. The highest BCUT2D eigenvalue weighted by Crippen LogP contribution is 2.23. The molecule has 3 rings (SSSR count). The van der Waals surface area contributed by atoms with Gasteiger partial charge in [0.25, 0.3) is 0 Å². The topological polar surface area (TPSA) is 44.1 Å². The summed E-state index contributed by atoms with van der Waals surface area (Å²) in [5, 5.41) is 0. The van der Waals surface area contributed by atoms with Crippen molar-refractivity contribution in [1.82, 2.24) is 9.55 Å². The lowest BCUT2D eigenvalue weighted by Gasteiger charge is -2.07. The average Bonchev–Trinajstić information content (AvgIpc) is 2.98. The van der Waals surface area contributed by atoms with Gasteiger partial charge in [0.2, 0.25) is 0 Å². The lowest BCUT2D eigenvalue weighted by molar-refractivity contribution is -0.139. The van der Waals surface area contributed by atoms with Gasteiger partial charge < -0.3 is 4.74 Å². The van der Waals surface area contributed by atoms with E-state index in [2.05, 4.69) is 20.9 Å². The number of para-hydroxylation sites is 2. The van der Waals surface area contributed by atoms with E-state index in [0.29, 0.717) is 11.0 Å². The Morgan fingerprint density at radius 2 is 1.92 bits per heavy atom. The second-order valence-corrected chi connectivity index (χ2v) is 6.07. The molecule has 0 spiro atoms.